The number of benzene rings is 3. The molecule has 1 unspecified atom stereocenters. The van der Waals surface area contributed by atoms with Gasteiger partial charge in [0.15, 0.2) is 0 Å². The highest BCUT2D eigenvalue weighted by Gasteiger charge is 2.37. The highest BCUT2D eigenvalue weighted by Crippen LogP contribution is 2.37. The second kappa shape index (κ2) is 12.1. The maximum atomic E-state index is 13.8. The van der Waals surface area contributed by atoms with Crippen molar-refractivity contribution in [1.29, 1.82) is 0 Å². The van der Waals surface area contributed by atoms with Gasteiger partial charge >= 0.3 is 12.4 Å². The molecule has 0 radical (unpaired) electrons. The Balaban J connectivity index is 2.05. The smallest absolute Gasteiger partial charge is 0.366 e. The summed E-state index contributed by atoms with van der Waals surface area (Å²) in [6.07, 6.45) is -8.25. The number of thioether (sulfide) groups is 1. The molecular weight excluding hydrogens is 578 g/mol. The average molecular weight is 603 g/mol. The number of alkyl halides is 6. The van der Waals surface area contributed by atoms with Crippen LogP contribution < -0.4 is 10.6 Å². The van der Waals surface area contributed by atoms with Gasteiger partial charge in [-0.3, -0.25) is 9.59 Å². The fourth-order valence-electron chi connectivity index (χ4n) is 4.40. The maximum absolute atomic E-state index is 13.8. The Hall–Kier alpha value is -3.18. The summed E-state index contributed by atoms with van der Waals surface area (Å²) >= 11 is 7.63. The normalized spacial score (nSPS) is 12.8. The van der Waals surface area contributed by atoms with E-state index in [1.165, 1.54) is 40.9 Å². The zero-order valence-electron chi connectivity index (χ0n) is 21.6. The largest absolute Gasteiger partial charge is 0.416 e. The summed E-state index contributed by atoms with van der Waals surface area (Å²) in [6, 6.07) is 10.2. The molecule has 4 nitrogen and oxygen atoms in total. The molecule has 0 spiro atoms. The molecule has 2 amide bonds. The minimum absolute atomic E-state index is 0.0000697. The number of amides is 2. The van der Waals surface area contributed by atoms with E-state index in [0.717, 1.165) is 0 Å². The predicted molar refractivity (Wildman–Crippen MR) is 145 cm³/mol. The highest BCUT2D eigenvalue weighted by atomic mass is 35.5. The van der Waals surface area contributed by atoms with Crippen molar-refractivity contribution in [1.82, 2.24) is 0 Å². The Kier molecular flexibility index (Phi) is 9.51. The molecule has 0 aliphatic carbocycles. The van der Waals surface area contributed by atoms with Crippen molar-refractivity contribution in [2.75, 3.05) is 16.9 Å². The number of rotatable bonds is 8. The van der Waals surface area contributed by atoms with Gasteiger partial charge in [-0.2, -0.15) is 38.1 Å². The van der Waals surface area contributed by atoms with Crippen molar-refractivity contribution < 1.29 is 35.9 Å². The van der Waals surface area contributed by atoms with Gasteiger partial charge in [-0.15, -0.1) is 0 Å². The van der Waals surface area contributed by atoms with Crippen LogP contribution in [0, 0.1) is 6.92 Å². The van der Waals surface area contributed by atoms with Crippen LogP contribution in [-0.2, 0) is 18.8 Å². The molecule has 3 aromatic carbocycles. The number of hydrogen-bond donors (Lipinski definition) is 1. The lowest BCUT2D eigenvalue weighted by Gasteiger charge is -2.31. The number of halogens is 7. The third kappa shape index (κ3) is 7.11. The van der Waals surface area contributed by atoms with Crippen LogP contribution in [-0.4, -0.2) is 29.9 Å². The van der Waals surface area contributed by atoms with Gasteiger partial charge in [0.05, 0.1) is 27.3 Å². The number of anilines is 1. The molecule has 0 saturated heterocycles. The summed E-state index contributed by atoms with van der Waals surface area (Å²) in [5, 5.41) is 0.0159. The van der Waals surface area contributed by atoms with E-state index in [0.29, 0.717) is 34.7 Å². The average Bonchev–Trinajstić information content (AvgIpc) is 2.84. The van der Waals surface area contributed by atoms with E-state index in [-0.39, 0.29) is 40.2 Å². The van der Waals surface area contributed by atoms with Gasteiger partial charge in [0.1, 0.15) is 0 Å². The molecule has 1 atom stereocenters. The third-order valence-corrected chi connectivity index (χ3v) is 7.27. The molecule has 0 fully saturated rings. The zero-order valence-corrected chi connectivity index (χ0v) is 23.2. The molecule has 0 aliphatic rings. The minimum Gasteiger partial charge on any atom is -0.366 e. The Bertz CT molecular complexity index is 1390. The molecule has 0 aromatic heterocycles. The van der Waals surface area contributed by atoms with E-state index in [2.05, 4.69) is 0 Å². The van der Waals surface area contributed by atoms with Crippen LogP contribution in [0.4, 0.5) is 32.0 Å². The van der Waals surface area contributed by atoms with Crippen molar-refractivity contribution >= 4 is 40.9 Å². The van der Waals surface area contributed by atoms with E-state index < -0.39 is 35.3 Å². The van der Waals surface area contributed by atoms with Crippen molar-refractivity contribution in [3.05, 3.63) is 98.6 Å². The van der Waals surface area contributed by atoms with Crippen LogP contribution in [0.1, 0.15) is 55.5 Å². The van der Waals surface area contributed by atoms with Gasteiger partial charge in [0.25, 0.3) is 11.8 Å². The summed E-state index contributed by atoms with van der Waals surface area (Å²) < 4.78 is 79.8. The number of nitrogens with two attached hydrogens (primary N) is 1. The number of primary amides is 1. The Morgan fingerprint density at radius 3 is 2.05 bits per heavy atom. The number of carbonyl (C=O) groups excluding carboxylic acids is 2. The van der Waals surface area contributed by atoms with Crippen LogP contribution in [0.2, 0.25) is 5.02 Å². The molecule has 3 aromatic rings. The molecular formula is C28H25ClF6N2O2S. The molecule has 3 rings (SSSR count). The quantitative estimate of drug-likeness (QED) is 0.268. The van der Waals surface area contributed by atoms with Gasteiger partial charge in [-0.25, -0.2) is 0 Å². The first-order valence-electron chi connectivity index (χ1n) is 11.8. The second-order valence-electron chi connectivity index (χ2n) is 9.22. The van der Waals surface area contributed by atoms with Crippen molar-refractivity contribution in [3.63, 3.8) is 0 Å². The lowest BCUT2D eigenvalue weighted by atomic mass is 9.97. The number of carbonyl (C=O) groups is 2. The Labute approximate surface area is 236 Å². The van der Waals surface area contributed by atoms with Crippen molar-refractivity contribution in [2.45, 2.75) is 38.7 Å². The fourth-order valence-corrected chi connectivity index (χ4v) is 5.30. The molecule has 40 heavy (non-hydrogen) atoms. The van der Waals surface area contributed by atoms with Gasteiger partial charge in [0.2, 0.25) is 0 Å². The van der Waals surface area contributed by atoms with E-state index >= 15 is 0 Å². The lowest BCUT2D eigenvalue weighted by Crippen LogP contribution is -2.41. The molecule has 0 aliphatic heterocycles. The van der Waals surface area contributed by atoms with Crippen LogP contribution in [0.3, 0.4) is 0 Å². The van der Waals surface area contributed by atoms with Crippen molar-refractivity contribution in [3.8, 4) is 0 Å². The van der Waals surface area contributed by atoms with Crippen LogP contribution in [0.15, 0.2) is 54.6 Å². The van der Waals surface area contributed by atoms with Gasteiger partial charge in [0, 0.05) is 17.5 Å². The van der Waals surface area contributed by atoms with E-state index in [9.17, 15) is 35.9 Å². The van der Waals surface area contributed by atoms with Gasteiger partial charge < -0.3 is 10.6 Å². The van der Waals surface area contributed by atoms with Crippen LogP contribution in [0.25, 0.3) is 0 Å². The molecule has 12 heteroatoms. The standard InChI is InChI=1S/C28H25ClF6N2O2S/c1-15-9-17(10-18-11-19(27(30,31)32)13-20(12-18)28(33,34)35)7-8-23(15)37(16(2)14-40-3)26(39)21-5-4-6-22(29)24(21)25(36)38/h4-9,11-13,16H,10,14H2,1-3H3,(H2,36,38). The summed E-state index contributed by atoms with van der Waals surface area (Å²) in [5.74, 6) is -0.900. The summed E-state index contributed by atoms with van der Waals surface area (Å²) in [7, 11) is 0. The molecule has 0 heterocycles. The highest BCUT2D eigenvalue weighted by molar-refractivity contribution is 7.98. The second-order valence-corrected chi connectivity index (χ2v) is 10.5. The SMILES string of the molecule is CSCC(C)N(C(=O)c1cccc(Cl)c1C(N)=O)c1ccc(Cc2cc(C(F)(F)F)cc(C(F)(F)F)c2)cc1C. The first-order chi connectivity index (χ1) is 18.5. The number of hydrogen-bond acceptors (Lipinski definition) is 3. The fraction of sp³-hybridized carbons (Fsp3) is 0.286. The molecule has 0 bridgehead atoms. The number of nitrogens with zero attached hydrogens (tertiary/aromatic N) is 1. The van der Waals surface area contributed by atoms with Crippen LogP contribution in [0.5, 0.6) is 0 Å². The Morgan fingerprint density at radius 1 is 0.950 bits per heavy atom. The van der Waals surface area contributed by atoms with Gasteiger partial charge in [-0.1, -0.05) is 29.8 Å². The molecule has 2 N–H and O–H groups in total. The monoisotopic (exact) mass is 602 g/mol. The lowest BCUT2D eigenvalue weighted by molar-refractivity contribution is -0.143. The third-order valence-electron chi connectivity index (χ3n) is 6.13. The van der Waals surface area contributed by atoms with E-state index in [1.807, 2.05) is 6.26 Å². The van der Waals surface area contributed by atoms with Gasteiger partial charge in [-0.05, 0) is 79.6 Å². The molecule has 0 saturated carbocycles. The van der Waals surface area contributed by atoms with Crippen molar-refractivity contribution in [2.24, 2.45) is 5.73 Å². The van der Waals surface area contributed by atoms with E-state index in [4.69, 9.17) is 17.3 Å². The topological polar surface area (TPSA) is 63.4 Å². The zero-order chi connectivity index (χ0) is 30.0. The first kappa shape index (κ1) is 31.3. The molecule has 214 valence electrons. The Morgan fingerprint density at radius 2 is 1.55 bits per heavy atom. The minimum atomic E-state index is -4.95. The predicted octanol–water partition coefficient (Wildman–Crippen LogP) is 7.77. The first-order valence-corrected chi connectivity index (χ1v) is 13.6. The van der Waals surface area contributed by atoms with Crippen LogP contribution >= 0.6 is 23.4 Å². The van der Waals surface area contributed by atoms with E-state index in [1.54, 1.807) is 26.0 Å². The summed E-state index contributed by atoms with van der Waals surface area (Å²) in [4.78, 5) is 27.3. The summed E-state index contributed by atoms with van der Waals surface area (Å²) in [6.45, 7) is 3.47. The maximum Gasteiger partial charge on any atom is 0.416 e. The summed E-state index contributed by atoms with van der Waals surface area (Å²) in [5.41, 5.74) is 3.85. The number of aryl methyl sites for hydroxylation is 1.